The topological polar surface area (TPSA) is 67.5 Å². The molecule has 6 unspecified atom stereocenters. The first-order valence-corrected chi connectivity index (χ1v) is 13.5. The SMILES string of the molecule is C[C@H]1CNC2[C@@H](C)C3[C@@H](CC4C5CCC6C[C@@H](N)CC[C@]6(C)C5CC[C@@]43C)O[C@@]2(O)C1. The molecule has 4 N–H and O–H groups in total. The lowest BCUT2D eigenvalue weighted by molar-refractivity contribution is -0.310. The highest BCUT2D eigenvalue weighted by Crippen LogP contribution is 2.69. The molecule has 6 aliphatic rings. The van der Waals surface area contributed by atoms with E-state index in [-0.39, 0.29) is 12.1 Å². The fourth-order valence-electron chi connectivity index (χ4n) is 10.8. The standard InChI is InChI=1S/C27H46N2O2/c1-15-13-27(30)24(29-14-15)16(2)23-22(31-27)12-21-19-6-5-17-11-18(28)7-9-25(17,3)20(19)8-10-26(21,23)4/h15-24,29-30H,5-14,28H2,1-4H3/t15-,16+,17?,18+,19?,20?,21?,22-,23?,24?,25+,26+,27+/m1/s1. The number of rotatable bonds is 0. The summed E-state index contributed by atoms with van der Waals surface area (Å²) in [6, 6.07) is 0.525. The molecule has 0 spiro atoms. The normalized spacial score (nSPS) is 63.3. The van der Waals surface area contributed by atoms with E-state index in [2.05, 4.69) is 33.0 Å². The maximum Gasteiger partial charge on any atom is 0.181 e. The highest BCUT2D eigenvalue weighted by Gasteiger charge is 2.67. The first-order valence-electron chi connectivity index (χ1n) is 13.5. The van der Waals surface area contributed by atoms with Gasteiger partial charge >= 0.3 is 0 Å². The van der Waals surface area contributed by atoms with Gasteiger partial charge in [-0.1, -0.05) is 27.7 Å². The highest BCUT2D eigenvalue weighted by molar-refractivity contribution is 5.15. The predicted molar refractivity (Wildman–Crippen MR) is 123 cm³/mol. The lowest BCUT2D eigenvalue weighted by Gasteiger charge is -2.62. The number of aliphatic hydroxyl groups is 1. The number of nitrogens with two attached hydrogens (primary N) is 1. The second kappa shape index (κ2) is 6.93. The van der Waals surface area contributed by atoms with Crippen LogP contribution in [0, 0.1) is 52.3 Å². The second-order valence-corrected chi connectivity index (χ2v) is 13.6. The van der Waals surface area contributed by atoms with Crippen LogP contribution in [0.1, 0.15) is 85.5 Å². The van der Waals surface area contributed by atoms with Crippen molar-refractivity contribution in [1.82, 2.24) is 5.32 Å². The zero-order valence-electron chi connectivity index (χ0n) is 20.3. The third-order valence-electron chi connectivity index (χ3n) is 12.1. The van der Waals surface area contributed by atoms with Crippen molar-refractivity contribution in [1.29, 1.82) is 0 Å². The molecule has 4 saturated carbocycles. The van der Waals surface area contributed by atoms with Crippen molar-refractivity contribution in [2.75, 3.05) is 6.54 Å². The molecule has 31 heavy (non-hydrogen) atoms. The van der Waals surface area contributed by atoms with Gasteiger partial charge in [0.1, 0.15) is 0 Å². The Morgan fingerprint density at radius 1 is 0.968 bits per heavy atom. The Labute approximate surface area is 189 Å². The van der Waals surface area contributed by atoms with E-state index in [1.807, 2.05) is 0 Å². The maximum atomic E-state index is 11.6. The van der Waals surface area contributed by atoms with E-state index in [9.17, 15) is 5.11 Å². The Hall–Kier alpha value is -0.160. The molecule has 0 aromatic carbocycles. The number of nitrogens with one attached hydrogen (secondary N) is 1. The molecule has 0 radical (unpaired) electrons. The predicted octanol–water partition coefficient (Wildman–Crippen LogP) is 4.30. The lowest BCUT2D eigenvalue weighted by Crippen LogP contribution is -2.68. The van der Waals surface area contributed by atoms with Crippen LogP contribution in [0.2, 0.25) is 0 Å². The largest absolute Gasteiger partial charge is 0.364 e. The van der Waals surface area contributed by atoms with Gasteiger partial charge in [0.25, 0.3) is 0 Å². The van der Waals surface area contributed by atoms with Crippen LogP contribution >= 0.6 is 0 Å². The molecule has 0 aromatic rings. The Morgan fingerprint density at radius 2 is 1.74 bits per heavy atom. The van der Waals surface area contributed by atoms with E-state index in [1.165, 1.54) is 51.4 Å². The van der Waals surface area contributed by atoms with E-state index in [1.54, 1.807) is 0 Å². The molecule has 2 heterocycles. The van der Waals surface area contributed by atoms with Crippen LogP contribution < -0.4 is 11.1 Å². The second-order valence-electron chi connectivity index (χ2n) is 13.6. The van der Waals surface area contributed by atoms with Gasteiger partial charge < -0.3 is 20.9 Å². The van der Waals surface area contributed by atoms with Crippen LogP contribution in [0.4, 0.5) is 0 Å². The summed E-state index contributed by atoms with van der Waals surface area (Å²) in [4.78, 5) is 0. The van der Waals surface area contributed by atoms with Crippen LogP contribution in [-0.2, 0) is 4.74 Å². The van der Waals surface area contributed by atoms with Crippen molar-refractivity contribution in [2.24, 2.45) is 58.0 Å². The van der Waals surface area contributed by atoms with Crippen molar-refractivity contribution in [2.45, 2.75) is 109 Å². The molecule has 0 bridgehead atoms. The van der Waals surface area contributed by atoms with E-state index in [0.29, 0.717) is 34.6 Å². The van der Waals surface area contributed by atoms with Crippen LogP contribution in [0.25, 0.3) is 0 Å². The van der Waals surface area contributed by atoms with E-state index in [0.717, 1.165) is 36.6 Å². The number of fused-ring (bicyclic) bond motifs is 8. The van der Waals surface area contributed by atoms with Crippen molar-refractivity contribution < 1.29 is 9.84 Å². The molecule has 6 rings (SSSR count). The molecule has 4 aliphatic carbocycles. The number of hydrogen-bond acceptors (Lipinski definition) is 4. The molecule has 6 fully saturated rings. The molecular weight excluding hydrogens is 384 g/mol. The van der Waals surface area contributed by atoms with Gasteiger partial charge in [-0.25, -0.2) is 0 Å². The van der Waals surface area contributed by atoms with Gasteiger partial charge in [-0.2, -0.15) is 0 Å². The first-order chi connectivity index (χ1) is 14.7. The molecule has 0 aromatic heterocycles. The average Bonchev–Trinajstić information content (AvgIpc) is 2.99. The lowest BCUT2D eigenvalue weighted by atomic mass is 9.44. The minimum Gasteiger partial charge on any atom is -0.364 e. The molecule has 0 amide bonds. The summed E-state index contributed by atoms with van der Waals surface area (Å²) >= 11 is 0. The Balaban J connectivity index is 1.30. The van der Waals surface area contributed by atoms with E-state index < -0.39 is 5.79 Å². The summed E-state index contributed by atoms with van der Waals surface area (Å²) in [6.45, 7) is 10.9. The summed E-state index contributed by atoms with van der Waals surface area (Å²) in [6.07, 6.45) is 11.5. The Kier molecular flexibility index (Phi) is 4.78. The van der Waals surface area contributed by atoms with E-state index in [4.69, 9.17) is 10.5 Å². The summed E-state index contributed by atoms with van der Waals surface area (Å²) < 4.78 is 6.70. The number of ether oxygens (including phenoxy) is 1. The molecule has 4 nitrogen and oxygen atoms in total. The van der Waals surface area contributed by atoms with Gasteiger partial charge in [0.05, 0.1) is 12.1 Å². The fourth-order valence-corrected chi connectivity index (χ4v) is 10.8. The molecule has 2 aliphatic heterocycles. The third kappa shape index (κ3) is 2.87. The van der Waals surface area contributed by atoms with Gasteiger partial charge in [-0.05, 0) is 110 Å². The van der Waals surface area contributed by atoms with Crippen molar-refractivity contribution in [3.63, 3.8) is 0 Å². The summed E-state index contributed by atoms with van der Waals surface area (Å²) in [5.41, 5.74) is 7.27. The fraction of sp³-hybridized carbons (Fsp3) is 1.00. The zero-order chi connectivity index (χ0) is 21.8. The maximum absolute atomic E-state index is 11.6. The summed E-state index contributed by atoms with van der Waals surface area (Å²) in [5, 5.41) is 15.3. The van der Waals surface area contributed by atoms with Gasteiger partial charge in [0.2, 0.25) is 0 Å². The van der Waals surface area contributed by atoms with Crippen LogP contribution in [0.15, 0.2) is 0 Å². The van der Waals surface area contributed by atoms with Gasteiger partial charge in [0, 0.05) is 12.5 Å². The summed E-state index contributed by atoms with van der Waals surface area (Å²) in [7, 11) is 0. The quantitative estimate of drug-likeness (QED) is 0.536. The molecule has 2 saturated heterocycles. The smallest absolute Gasteiger partial charge is 0.181 e. The Morgan fingerprint density at radius 3 is 2.55 bits per heavy atom. The van der Waals surface area contributed by atoms with Crippen molar-refractivity contribution in [3.8, 4) is 0 Å². The third-order valence-corrected chi connectivity index (χ3v) is 12.1. The van der Waals surface area contributed by atoms with Gasteiger partial charge in [-0.15, -0.1) is 0 Å². The number of piperidine rings is 1. The van der Waals surface area contributed by atoms with Gasteiger partial charge in [0.15, 0.2) is 5.79 Å². The van der Waals surface area contributed by atoms with Gasteiger partial charge in [-0.3, -0.25) is 0 Å². The molecule has 176 valence electrons. The molecule has 13 atom stereocenters. The minimum atomic E-state index is -0.968. The number of hydrogen-bond donors (Lipinski definition) is 3. The van der Waals surface area contributed by atoms with E-state index >= 15 is 0 Å². The monoisotopic (exact) mass is 430 g/mol. The first kappa shape index (κ1) is 21.4. The van der Waals surface area contributed by atoms with Crippen molar-refractivity contribution in [3.05, 3.63) is 0 Å². The van der Waals surface area contributed by atoms with Crippen molar-refractivity contribution >= 4 is 0 Å². The summed E-state index contributed by atoms with van der Waals surface area (Å²) in [5.74, 6) is 3.88. The van der Waals surface area contributed by atoms with Crippen LogP contribution in [-0.4, -0.2) is 35.6 Å². The Bertz CT molecular complexity index is 730. The van der Waals surface area contributed by atoms with Crippen LogP contribution in [0.5, 0.6) is 0 Å². The molecule has 4 heteroatoms. The minimum absolute atomic E-state index is 0.0892. The molecular formula is C27H46N2O2. The average molecular weight is 431 g/mol. The zero-order valence-corrected chi connectivity index (χ0v) is 20.3. The highest BCUT2D eigenvalue weighted by atomic mass is 16.6. The van der Waals surface area contributed by atoms with Crippen LogP contribution in [0.3, 0.4) is 0 Å².